The smallest absolute Gasteiger partial charge is 0.0299 e. The van der Waals surface area contributed by atoms with Crippen LogP contribution in [0.4, 0.5) is 0 Å². The van der Waals surface area contributed by atoms with E-state index in [9.17, 15) is 0 Å². The molecule has 0 amide bonds. The van der Waals surface area contributed by atoms with Crippen LogP contribution in [0.5, 0.6) is 0 Å². The zero-order valence-corrected chi connectivity index (χ0v) is 29.0. The fourth-order valence-corrected chi connectivity index (χ4v) is 6.80. The summed E-state index contributed by atoms with van der Waals surface area (Å²) in [6.07, 6.45) is 10.5. The van der Waals surface area contributed by atoms with Gasteiger partial charge in [0.1, 0.15) is 0 Å². The lowest BCUT2D eigenvalue weighted by atomic mass is 10.2. The van der Waals surface area contributed by atoms with Crippen molar-refractivity contribution in [2.24, 2.45) is 0 Å². The molecule has 226 valence electrons. The summed E-state index contributed by atoms with van der Waals surface area (Å²) in [5, 5.41) is 18.5. The molecule has 2 rings (SSSR count). The van der Waals surface area contributed by atoms with Crippen molar-refractivity contribution >= 4 is 93.9 Å². The maximum Gasteiger partial charge on any atom is 0.0299 e. The Kier molecular flexibility index (Phi) is 39.3. The molecule has 0 unspecified atom stereocenters. The molecule has 4 nitrogen and oxygen atoms in total. The molecular weight excluding hydrogens is 638 g/mol. The van der Waals surface area contributed by atoms with Gasteiger partial charge >= 0.3 is 0 Å². The molecule has 2 heterocycles. The zero-order chi connectivity index (χ0) is 23.8. The van der Waals surface area contributed by atoms with Crippen LogP contribution in [-0.2, 0) is 13.1 Å². The highest BCUT2D eigenvalue weighted by molar-refractivity contribution is 8.76. The number of nitrogens with one attached hydrogen (secondary N) is 4. The quantitative estimate of drug-likeness (QED) is 0.0626. The van der Waals surface area contributed by atoms with Crippen molar-refractivity contribution in [2.45, 2.75) is 64.5 Å². The van der Waals surface area contributed by atoms with Crippen molar-refractivity contribution in [2.75, 3.05) is 50.8 Å². The molecule has 2 aromatic rings. The van der Waals surface area contributed by atoms with Gasteiger partial charge in [0, 0.05) is 47.4 Å². The summed E-state index contributed by atoms with van der Waals surface area (Å²) in [5.74, 6) is 2.41. The van der Waals surface area contributed by atoms with E-state index >= 15 is 0 Å². The lowest BCUT2D eigenvalue weighted by molar-refractivity contribution is 0.571. The molecule has 0 bridgehead atoms. The second-order valence-corrected chi connectivity index (χ2v) is 13.3. The number of thiophene rings is 2. The van der Waals surface area contributed by atoms with Crippen LogP contribution in [0, 0.1) is 0 Å². The Morgan fingerprint density at radius 1 is 0.474 bits per heavy atom. The van der Waals surface area contributed by atoms with Gasteiger partial charge in [-0.15, -0.1) is 72.3 Å². The zero-order valence-electron chi connectivity index (χ0n) is 22.5. The summed E-state index contributed by atoms with van der Waals surface area (Å²) >= 11 is 3.67. The number of rotatable bonds is 25. The summed E-state index contributed by atoms with van der Waals surface area (Å²) in [4.78, 5) is 2.87. The van der Waals surface area contributed by atoms with E-state index in [1.165, 1.54) is 85.7 Å². The van der Waals surface area contributed by atoms with Gasteiger partial charge in [0.15, 0.2) is 0 Å². The van der Waals surface area contributed by atoms with Crippen molar-refractivity contribution in [3.8, 4) is 0 Å². The minimum atomic E-state index is 0. The monoisotopic (exact) mass is 686 g/mol. The number of halogens is 4. The summed E-state index contributed by atoms with van der Waals surface area (Å²) in [6.45, 7) is 8.94. The first-order valence-electron chi connectivity index (χ1n) is 13.1. The Labute approximate surface area is 273 Å². The van der Waals surface area contributed by atoms with Gasteiger partial charge in [0.2, 0.25) is 0 Å². The fraction of sp³-hybridized carbons (Fsp3) is 0.692. The second-order valence-electron chi connectivity index (χ2n) is 8.48. The first kappa shape index (κ1) is 43.6. The normalized spacial score (nSPS) is 10.2. The van der Waals surface area contributed by atoms with Gasteiger partial charge in [-0.1, -0.05) is 59.4 Å². The van der Waals surface area contributed by atoms with Crippen molar-refractivity contribution in [3.63, 3.8) is 0 Å². The fourth-order valence-electron chi connectivity index (χ4n) is 3.55. The maximum absolute atomic E-state index is 3.59. The Balaban J connectivity index is -0.00000306. The van der Waals surface area contributed by atoms with Gasteiger partial charge in [0.05, 0.1) is 0 Å². The van der Waals surface area contributed by atoms with E-state index in [-0.39, 0.29) is 49.6 Å². The van der Waals surface area contributed by atoms with Gasteiger partial charge in [0.25, 0.3) is 0 Å². The summed E-state index contributed by atoms with van der Waals surface area (Å²) in [5.41, 5.74) is 0. The third-order valence-electron chi connectivity index (χ3n) is 5.48. The lowest BCUT2D eigenvalue weighted by Gasteiger charge is -2.06. The van der Waals surface area contributed by atoms with Crippen LogP contribution in [0.25, 0.3) is 0 Å². The average molecular weight is 689 g/mol. The molecule has 0 aromatic carbocycles. The lowest BCUT2D eigenvalue weighted by Crippen LogP contribution is -2.19. The number of hydrogen-bond donors (Lipinski definition) is 4. The van der Waals surface area contributed by atoms with E-state index in [2.05, 4.69) is 56.3 Å². The Morgan fingerprint density at radius 2 is 0.842 bits per heavy atom. The predicted octanol–water partition coefficient (Wildman–Crippen LogP) is 8.06. The third kappa shape index (κ3) is 27.3. The van der Waals surface area contributed by atoms with Gasteiger partial charge in [-0.25, -0.2) is 0 Å². The standard InChI is InChI=1S/C26H46N4S4.4ClH/c1(3-7-15-29-23-25-11-9-19-31-25)5-13-27-17-21-33-34-22-18-28-14-6-2-4-8-16-30-24-26-12-10-20-32-26;;;;/h9-12,19-20,27-30H,1-8,13-18,21-24H2;4*1H. The molecule has 0 atom stereocenters. The molecule has 2 aromatic heterocycles. The second kappa shape index (κ2) is 34.3. The van der Waals surface area contributed by atoms with Crippen molar-refractivity contribution in [3.05, 3.63) is 44.8 Å². The van der Waals surface area contributed by atoms with Gasteiger partial charge in [-0.2, -0.15) is 0 Å². The first-order valence-corrected chi connectivity index (χ1v) is 17.3. The molecule has 0 saturated heterocycles. The molecule has 0 spiro atoms. The van der Waals surface area contributed by atoms with E-state index in [4.69, 9.17) is 0 Å². The van der Waals surface area contributed by atoms with Gasteiger partial charge in [-0.05, 0) is 74.8 Å². The highest BCUT2D eigenvalue weighted by Gasteiger charge is 1.96. The van der Waals surface area contributed by atoms with E-state index < -0.39 is 0 Å². The molecule has 38 heavy (non-hydrogen) atoms. The number of hydrogen-bond acceptors (Lipinski definition) is 8. The van der Waals surface area contributed by atoms with Crippen molar-refractivity contribution < 1.29 is 0 Å². The van der Waals surface area contributed by atoms with Crippen LogP contribution < -0.4 is 21.3 Å². The number of unbranched alkanes of at least 4 members (excludes halogenated alkanes) is 6. The molecule has 12 heteroatoms. The topological polar surface area (TPSA) is 48.1 Å². The minimum Gasteiger partial charge on any atom is -0.316 e. The molecule has 0 saturated carbocycles. The molecule has 0 aliphatic carbocycles. The Morgan fingerprint density at radius 3 is 1.18 bits per heavy atom. The van der Waals surface area contributed by atoms with E-state index in [1.54, 1.807) is 0 Å². The first-order chi connectivity index (χ1) is 16.9. The summed E-state index contributed by atoms with van der Waals surface area (Å²) in [7, 11) is 4.02. The van der Waals surface area contributed by atoms with Gasteiger partial charge in [-0.3, -0.25) is 0 Å². The van der Waals surface area contributed by atoms with E-state index in [0.29, 0.717) is 0 Å². The SMILES string of the molecule is Cl.Cl.Cl.Cl.c1csc(CNCCCCCCNCCSSCCNCCCCCCNCc2cccs2)c1. The van der Waals surface area contributed by atoms with Crippen molar-refractivity contribution in [1.29, 1.82) is 0 Å². The molecule has 0 fully saturated rings. The predicted molar refractivity (Wildman–Crippen MR) is 189 cm³/mol. The molecule has 0 aliphatic heterocycles. The minimum absolute atomic E-state index is 0. The van der Waals surface area contributed by atoms with Crippen LogP contribution in [0.1, 0.15) is 61.1 Å². The van der Waals surface area contributed by atoms with Crippen LogP contribution in [0.2, 0.25) is 0 Å². The summed E-state index contributed by atoms with van der Waals surface area (Å²) < 4.78 is 0. The molecule has 0 aliphatic rings. The maximum atomic E-state index is 3.59. The van der Waals surface area contributed by atoms with Crippen molar-refractivity contribution in [1.82, 2.24) is 21.3 Å². The highest BCUT2D eigenvalue weighted by Crippen LogP contribution is 2.19. The molecule has 4 N–H and O–H groups in total. The van der Waals surface area contributed by atoms with Crippen LogP contribution >= 0.6 is 93.9 Å². The molecular formula is C26H50Cl4N4S4. The van der Waals surface area contributed by atoms with Crippen LogP contribution in [-0.4, -0.2) is 50.8 Å². The van der Waals surface area contributed by atoms with E-state index in [0.717, 1.165) is 39.3 Å². The van der Waals surface area contributed by atoms with E-state index in [1.807, 2.05) is 44.3 Å². The third-order valence-corrected chi connectivity index (χ3v) is 9.64. The Bertz CT molecular complexity index is 599. The largest absolute Gasteiger partial charge is 0.316 e. The van der Waals surface area contributed by atoms with Gasteiger partial charge < -0.3 is 21.3 Å². The highest BCUT2D eigenvalue weighted by atomic mass is 35.5. The summed E-state index contributed by atoms with van der Waals surface area (Å²) in [6, 6.07) is 8.66. The van der Waals surface area contributed by atoms with Crippen LogP contribution in [0.3, 0.4) is 0 Å². The Hall–Kier alpha value is 1.10. The molecule has 0 radical (unpaired) electrons. The average Bonchev–Trinajstić information content (AvgIpc) is 3.56. The van der Waals surface area contributed by atoms with Crippen LogP contribution in [0.15, 0.2) is 35.0 Å².